The summed E-state index contributed by atoms with van der Waals surface area (Å²) in [5, 5.41) is 9.80. The Hall–Kier alpha value is -1.48. The van der Waals surface area contributed by atoms with Gasteiger partial charge in [-0.1, -0.05) is 0 Å². The lowest BCUT2D eigenvalue weighted by molar-refractivity contribution is 0.277. The second-order valence-electron chi connectivity index (χ2n) is 2.51. The van der Waals surface area contributed by atoms with Crippen LogP contribution in [0.2, 0.25) is 0 Å². The predicted molar refractivity (Wildman–Crippen MR) is 45.5 cm³/mol. The number of rotatable bonds is 1. The maximum absolute atomic E-state index is 8.81. The first-order chi connectivity index (χ1) is 5.90. The first-order valence-corrected chi connectivity index (χ1v) is 3.71. The first-order valence-electron chi connectivity index (χ1n) is 3.71. The van der Waals surface area contributed by atoms with E-state index in [0.29, 0.717) is 11.3 Å². The van der Waals surface area contributed by atoms with E-state index in [1.54, 1.807) is 12.3 Å². The number of aromatic nitrogens is 2. The zero-order chi connectivity index (χ0) is 8.39. The van der Waals surface area contributed by atoms with Crippen molar-refractivity contribution in [2.45, 2.75) is 6.61 Å². The molecule has 0 aliphatic heterocycles. The third-order valence-corrected chi connectivity index (χ3v) is 1.68. The second kappa shape index (κ2) is 2.87. The molecule has 2 aromatic rings. The lowest BCUT2D eigenvalue weighted by Gasteiger charge is -1.97. The Morgan fingerprint density at radius 2 is 2.17 bits per heavy atom. The molecule has 0 spiro atoms. The maximum atomic E-state index is 8.81. The molecule has 0 atom stereocenters. The van der Waals surface area contributed by atoms with Crippen LogP contribution in [-0.2, 0) is 6.61 Å². The Labute approximate surface area is 69.7 Å². The van der Waals surface area contributed by atoms with Crippen LogP contribution in [0.1, 0.15) is 5.69 Å². The molecule has 0 radical (unpaired) electrons. The minimum absolute atomic E-state index is 0.0352. The van der Waals surface area contributed by atoms with Crippen LogP contribution in [0.3, 0.4) is 0 Å². The highest BCUT2D eigenvalue weighted by Gasteiger charge is 1.95. The highest BCUT2D eigenvalue weighted by Crippen LogP contribution is 2.08. The molecule has 0 bridgehead atoms. The van der Waals surface area contributed by atoms with Crippen molar-refractivity contribution >= 4 is 11.0 Å². The number of fused-ring (bicyclic) bond motifs is 1. The second-order valence-corrected chi connectivity index (χ2v) is 2.51. The third kappa shape index (κ3) is 1.14. The van der Waals surface area contributed by atoms with E-state index in [1.165, 1.54) is 0 Å². The standard InChI is InChI=1S/C9H8N2O/c12-6-8-4-3-7-2-1-5-10-9(7)11-8/h1-5,12H,6H2. The van der Waals surface area contributed by atoms with Gasteiger partial charge in [0.15, 0.2) is 5.65 Å². The minimum atomic E-state index is -0.0352. The van der Waals surface area contributed by atoms with E-state index in [-0.39, 0.29) is 6.61 Å². The maximum Gasteiger partial charge on any atom is 0.159 e. The van der Waals surface area contributed by atoms with Crippen molar-refractivity contribution in [3.63, 3.8) is 0 Å². The van der Waals surface area contributed by atoms with E-state index in [4.69, 9.17) is 5.11 Å². The molecule has 1 N–H and O–H groups in total. The van der Waals surface area contributed by atoms with Gasteiger partial charge in [-0.15, -0.1) is 0 Å². The van der Waals surface area contributed by atoms with Crippen LogP contribution < -0.4 is 0 Å². The van der Waals surface area contributed by atoms with Crippen molar-refractivity contribution in [2.24, 2.45) is 0 Å². The molecular weight excluding hydrogens is 152 g/mol. The van der Waals surface area contributed by atoms with Crippen molar-refractivity contribution in [2.75, 3.05) is 0 Å². The molecular formula is C9H8N2O. The van der Waals surface area contributed by atoms with Gasteiger partial charge in [0.1, 0.15) is 0 Å². The molecule has 2 rings (SSSR count). The average Bonchev–Trinajstić information content (AvgIpc) is 2.17. The van der Waals surface area contributed by atoms with Gasteiger partial charge in [0.2, 0.25) is 0 Å². The van der Waals surface area contributed by atoms with Gasteiger partial charge in [-0.2, -0.15) is 0 Å². The fraction of sp³-hybridized carbons (Fsp3) is 0.111. The van der Waals surface area contributed by atoms with Crippen LogP contribution in [-0.4, -0.2) is 15.1 Å². The SMILES string of the molecule is OCc1ccc2cccnc2n1. The Bertz CT molecular complexity index is 400. The summed E-state index contributed by atoms with van der Waals surface area (Å²) in [6, 6.07) is 7.50. The van der Waals surface area contributed by atoms with Gasteiger partial charge in [-0.05, 0) is 24.3 Å². The van der Waals surface area contributed by atoms with Crippen LogP contribution in [0.5, 0.6) is 0 Å². The van der Waals surface area contributed by atoms with Crippen molar-refractivity contribution in [1.29, 1.82) is 0 Å². The highest BCUT2D eigenvalue weighted by molar-refractivity contribution is 5.74. The third-order valence-electron chi connectivity index (χ3n) is 1.68. The van der Waals surface area contributed by atoms with Gasteiger partial charge in [0.05, 0.1) is 12.3 Å². The molecule has 0 fully saturated rings. The molecule has 0 saturated carbocycles. The summed E-state index contributed by atoms with van der Waals surface area (Å²) in [6.07, 6.45) is 1.69. The average molecular weight is 160 g/mol. The first kappa shape index (κ1) is 7.18. The van der Waals surface area contributed by atoms with Crippen LogP contribution >= 0.6 is 0 Å². The summed E-state index contributed by atoms with van der Waals surface area (Å²) in [6.45, 7) is -0.0352. The number of aliphatic hydroxyl groups excluding tert-OH is 1. The molecule has 0 unspecified atom stereocenters. The van der Waals surface area contributed by atoms with Crippen LogP contribution in [0.4, 0.5) is 0 Å². The highest BCUT2D eigenvalue weighted by atomic mass is 16.3. The van der Waals surface area contributed by atoms with E-state index in [0.717, 1.165) is 5.39 Å². The Morgan fingerprint density at radius 3 is 3.00 bits per heavy atom. The summed E-state index contributed by atoms with van der Waals surface area (Å²) in [4.78, 5) is 8.20. The topological polar surface area (TPSA) is 46.0 Å². The number of nitrogens with zero attached hydrogens (tertiary/aromatic N) is 2. The molecule has 0 saturated heterocycles. The van der Waals surface area contributed by atoms with Gasteiger partial charge in [-0.25, -0.2) is 9.97 Å². The Morgan fingerprint density at radius 1 is 1.25 bits per heavy atom. The molecule has 0 aromatic carbocycles. The minimum Gasteiger partial charge on any atom is -0.390 e. The summed E-state index contributed by atoms with van der Waals surface area (Å²) in [7, 11) is 0. The fourth-order valence-corrected chi connectivity index (χ4v) is 1.08. The Balaban J connectivity index is 2.67. The molecule has 2 heterocycles. The van der Waals surface area contributed by atoms with Crippen molar-refractivity contribution < 1.29 is 5.11 Å². The van der Waals surface area contributed by atoms with E-state index in [2.05, 4.69) is 9.97 Å². The van der Waals surface area contributed by atoms with Crippen molar-refractivity contribution in [3.05, 3.63) is 36.2 Å². The largest absolute Gasteiger partial charge is 0.390 e. The summed E-state index contributed by atoms with van der Waals surface area (Å²) >= 11 is 0. The molecule has 12 heavy (non-hydrogen) atoms. The number of pyridine rings is 2. The normalized spacial score (nSPS) is 10.4. The lowest BCUT2D eigenvalue weighted by Crippen LogP contribution is -1.90. The Kier molecular flexibility index (Phi) is 1.72. The van der Waals surface area contributed by atoms with Gasteiger partial charge in [0.25, 0.3) is 0 Å². The van der Waals surface area contributed by atoms with Crippen molar-refractivity contribution in [1.82, 2.24) is 9.97 Å². The molecule has 0 aliphatic carbocycles. The zero-order valence-corrected chi connectivity index (χ0v) is 6.44. The summed E-state index contributed by atoms with van der Waals surface area (Å²) in [5.74, 6) is 0. The fourth-order valence-electron chi connectivity index (χ4n) is 1.08. The van der Waals surface area contributed by atoms with Crippen LogP contribution in [0, 0.1) is 0 Å². The lowest BCUT2D eigenvalue weighted by atomic mass is 10.2. The molecule has 0 aliphatic rings. The number of aliphatic hydroxyl groups is 1. The molecule has 3 heteroatoms. The molecule has 60 valence electrons. The van der Waals surface area contributed by atoms with Gasteiger partial charge in [0, 0.05) is 11.6 Å². The number of hydrogen-bond acceptors (Lipinski definition) is 3. The van der Waals surface area contributed by atoms with E-state index in [9.17, 15) is 0 Å². The summed E-state index contributed by atoms with van der Waals surface area (Å²) < 4.78 is 0. The van der Waals surface area contributed by atoms with Gasteiger partial charge < -0.3 is 5.11 Å². The van der Waals surface area contributed by atoms with E-state index >= 15 is 0 Å². The van der Waals surface area contributed by atoms with E-state index in [1.807, 2.05) is 18.2 Å². The quantitative estimate of drug-likeness (QED) is 0.680. The summed E-state index contributed by atoms with van der Waals surface area (Å²) in [5.41, 5.74) is 1.34. The van der Waals surface area contributed by atoms with Crippen LogP contribution in [0.15, 0.2) is 30.5 Å². The van der Waals surface area contributed by atoms with Crippen molar-refractivity contribution in [3.8, 4) is 0 Å². The zero-order valence-electron chi connectivity index (χ0n) is 6.44. The molecule has 2 aromatic heterocycles. The van der Waals surface area contributed by atoms with Gasteiger partial charge in [-0.3, -0.25) is 0 Å². The van der Waals surface area contributed by atoms with Crippen LogP contribution in [0.25, 0.3) is 11.0 Å². The smallest absolute Gasteiger partial charge is 0.159 e. The molecule has 0 amide bonds. The predicted octanol–water partition coefficient (Wildman–Crippen LogP) is 1.12. The molecule has 3 nitrogen and oxygen atoms in total. The van der Waals surface area contributed by atoms with Gasteiger partial charge >= 0.3 is 0 Å². The monoisotopic (exact) mass is 160 g/mol. The number of hydrogen-bond donors (Lipinski definition) is 1. The van der Waals surface area contributed by atoms with E-state index < -0.39 is 0 Å².